The highest BCUT2D eigenvalue weighted by atomic mass is 19.4. The largest absolute Gasteiger partial charge is 0.489 e. The van der Waals surface area contributed by atoms with E-state index in [1.807, 2.05) is 4.90 Å². The maximum atomic E-state index is 13.6. The Kier molecular flexibility index (Phi) is 7.11. The van der Waals surface area contributed by atoms with E-state index < -0.39 is 24.8 Å². The average Bonchev–Trinajstić information content (AvgIpc) is 2.74. The van der Waals surface area contributed by atoms with Gasteiger partial charge in [-0.15, -0.1) is 0 Å². The molecule has 0 aliphatic carbocycles. The summed E-state index contributed by atoms with van der Waals surface area (Å²) in [5, 5.41) is 20.8. The van der Waals surface area contributed by atoms with E-state index in [4.69, 9.17) is 4.74 Å². The van der Waals surface area contributed by atoms with Gasteiger partial charge in [0, 0.05) is 36.4 Å². The lowest BCUT2D eigenvalue weighted by atomic mass is 9.77. The summed E-state index contributed by atoms with van der Waals surface area (Å²) in [6.45, 7) is 2.11. The van der Waals surface area contributed by atoms with Crippen molar-refractivity contribution in [2.24, 2.45) is 0 Å². The van der Waals surface area contributed by atoms with E-state index in [0.717, 1.165) is 12.1 Å². The number of benzene rings is 2. The zero-order chi connectivity index (χ0) is 22.6. The van der Waals surface area contributed by atoms with E-state index in [0.29, 0.717) is 32.6 Å². The first-order valence-corrected chi connectivity index (χ1v) is 9.46. The summed E-state index contributed by atoms with van der Waals surface area (Å²) in [5.74, 6) is -0.740. The monoisotopic (exact) mass is 436 g/mol. The molecule has 3 N–H and O–H groups in total. The van der Waals surface area contributed by atoms with Crippen LogP contribution in [0.3, 0.4) is 0 Å². The van der Waals surface area contributed by atoms with Gasteiger partial charge in [-0.1, -0.05) is 12.1 Å². The maximum Gasteiger partial charge on any atom is 0.489 e. The van der Waals surface area contributed by atoms with Crippen LogP contribution in [-0.4, -0.2) is 60.6 Å². The number of alkyl halides is 3. The van der Waals surface area contributed by atoms with Crippen LogP contribution in [0.15, 0.2) is 36.4 Å². The number of carbonyl (C=O) groups excluding carboxylic acids is 2. The van der Waals surface area contributed by atoms with Gasteiger partial charge in [0.1, 0.15) is 6.29 Å². The topological polar surface area (TPSA) is 99.1 Å². The quantitative estimate of drug-likeness (QED) is 0.467. The van der Waals surface area contributed by atoms with Crippen molar-refractivity contribution in [1.29, 1.82) is 0 Å². The molecule has 164 valence electrons. The van der Waals surface area contributed by atoms with Crippen molar-refractivity contribution in [3.8, 4) is 0 Å². The molecule has 1 aliphatic heterocycles. The summed E-state index contributed by atoms with van der Waals surface area (Å²) in [5.41, 5.74) is -1.02. The summed E-state index contributed by atoms with van der Waals surface area (Å²) >= 11 is 0. The number of hydrogen-bond donors (Lipinski definition) is 3. The molecule has 11 heteroatoms. The van der Waals surface area contributed by atoms with Crippen LogP contribution in [0, 0.1) is 0 Å². The van der Waals surface area contributed by atoms with Gasteiger partial charge >= 0.3 is 13.3 Å². The zero-order valence-corrected chi connectivity index (χ0v) is 16.4. The number of amides is 1. The Bertz CT molecular complexity index is 962. The second kappa shape index (κ2) is 9.61. The molecule has 2 aromatic rings. The fourth-order valence-electron chi connectivity index (χ4n) is 3.31. The van der Waals surface area contributed by atoms with Crippen LogP contribution >= 0.6 is 0 Å². The summed E-state index contributed by atoms with van der Waals surface area (Å²) in [6, 6.07) is 7.16. The third-order valence-corrected chi connectivity index (χ3v) is 4.92. The molecule has 0 spiro atoms. The molecule has 0 bridgehead atoms. The molecule has 7 nitrogen and oxygen atoms in total. The minimum atomic E-state index is -4.61. The molecular formula is C20H20BF3N2O5. The number of morpholine rings is 1. The molecule has 1 aliphatic rings. The summed E-state index contributed by atoms with van der Waals surface area (Å²) in [6.07, 6.45) is -4.25. The molecule has 0 atom stereocenters. The van der Waals surface area contributed by atoms with Gasteiger partial charge in [0.05, 0.1) is 18.8 Å². The Balaban J connectivity index is 1.82. The van der Waals surface area contributed by atoms with Crippen molar-refractivity contribution in [1.82, 2.24) is 4.90 Å². The van der Waals surface area contributed by atoms with Crippen LogP contribution in [0.4, 0.5) is 18.9 Å². The van der Waals surface area contributed by atoms with E-state index in [1.165, 1.54) is 24.3 Å². The molecule has 1 heterocycles. The van der Waals surface area contributed by atoms with Gasteiger partial charge in [-0.2, -0.15) is 13.2 Å². The summed E-state index contributed by atoms with van der Waals surface area (Å²) in [4.78, 5) is 25.5. The van der Waals surface area contributed by atoms with Crippen molar-refractivity contribution >= 4 is 30.5 Å². The number of hydrogen-bond acceptors (Lipinski definition) is 6. The number of aldehydes is 1. The van der Waals surface area contributed by atoms with Crippen molar-refractivity contribution in [2.45, 2.75) is 12.7 Å². The van der Waals surface area contributed by atoms with Crippen molar-refractivity contribution < 1.29 is 37.5 Å². The number of carbonyl (C=O) groups is 2. The Morgan fingerprint density at radius 3 is 2.48 bits per heavy atom. The number of halogens is 3. The van der Waals surface area contributed by atoms with Gasteiger partial charge in [-0.3, -0.25) is 14.5 Å². The van der Waals surface area contributed by atoms with E-state index in [-0.39, 0.29) is 34.4 Å². The van der Waals surface area contributed by atoms with Crippen molar-refractivity contribution in [3.05, 3.63) is 58.7 Å². The van der Waals surface area contributed by atoms with Gasteiger partial charge < -0.3 is 20.1 Å². The lowest BCUT2D eigenvalue weighted by Crippen LogP contribution is -2.36. The van der Waals surface area contributed by atoms with Crippen molar-refractivity contribution in [2.75, 3.05) is 31.6 Å². The highest BCUT2D eigenvalue weighted by molar-refractivity contribution is 6.60. The predicted octanol–water partition coefficient (Wildman–Crippen LogP) is 1.28. The number of nitrogens with one attached hydrogen (secondary N) is 1. The first-order chi connectivity index (χ1) is 14.7. The van der Waals surface area contributed by atoms with Gasteiger partial charge in [-0.05, 0) is 35.3 Å². The van der Waals surface area contributed by atoms with Crippen LogP contribution in [-0.2, 0) is 17.5 Å². The van der Waals surface area contributed by atoms with Gasteiger partial charge in [0.2, 0.25) is 0 Å². The van der Waals surface area contributed by atoms with E-state index in [2.05, 4.69) is 5.32 Å². The van der Waals surface area contributed by atoms with E-state index >= 15 is 0 Å². The van der Waals surface area contributed by atoms with Crippen LogP contribution < -0.4 is 10.8 Å². The standard InChI is InChI=1S/C20H20BF3N2O5/c22-20(23,24)17-10-16(3-1-14(17)11-26-5-7-31-8-6-26)25-19(28)13-2-4-18(21(29)30)15(9-13)12-27/h1-4,9-10,12,29-30H,5-8,11H2,(H,25,28). The Morgan fingerprint density at radius 1 is 1.16 bits per heavy atom. The van der Waals surface area contributed by atoms with Gasteiger partial charge in [-0.25, -0.2) is 0 Å². The molecule has 0 aromatic heterocycles. The molecule has 2 aromatic carbocycles. The lowest BCUT2D eigenvalue weighted by Gasteiger charge is -2.27. The Hall–Kier alpha value is -2.73. The summed E-state index contributed by atoms with van der Waals surface area (Å²) < 4.78 is 46.1. The number of rotatable bonds is 6. The molecule has 1 amide bonds. The van der Waals surface area contributed by atoms with Crippen LogP contribution in [0.5, 0.6) is 0 Å². The first-order valence-electron chi connectivity index (χ1n) is 9.46. The third kappa shape index (κ3) is 5.70. The molecule has 1 fully saturated rings. The Labute approximate surface area is 176 Å². The fourth-order valence-corrected chi connectivity index (χ4v) is 3.31. The molecule has 0 radical (unpaired) electrons. The smallest absolute Gasteiger partial charge is 0.423 e. The van der Waals surface area contributed by atoms with E-state index in [1.54, 1.807) is 0 Å². The van der Waals surface area contributed by atoms with E-state index in [9.17, 15) is 32.8 Å². The normalized spacial score (nSPS) is 14.9. The lowest BCUT2D eigenvalue weighted by molar-refractivity contribution is -0.138. The molecule has 31 heavy (non-hydrogen) atoms. The molecule has 1 saturated heterocycles. The Morgan fingerprint density at radius 2 is 1.87 bits per heavy atom. The zero-order valence-electron chi connectivity index (χ0n) is 16.4. The highest BCUT2D eigenvalue weighted by Crippen LogP contribution is 2.34. The maximum absolute atomic E-state index is 13.6. The summed E-state index contributed by atoms with van der Waals surface area (Å²) in [7, 11) is -1.90. The molecule has 0 saturated carbocycles. The molecule has 3 rings (SSSR count). The molecule has 0 unspecified atom stereocenters. The highest BCUT2D eigenvalue weighted by Gasteiger charge is 2.34. The second-order valence-corrected chi connectivity index (χ2v) is 7.05. The second-order valence-electron chi connectivity index (χ2n) is 7.05. The minimum Gasteiger partial charge on any atom is -0.423 e. The minimum absolute atomic E-state index is 0.0162. The molecular weight excluding hydrogens is 416 g/mol. The third-order valence-electron chi connectivity index (χ3n) is 4.92. The number of ether oxygens (including phenoxy) is 1. The van der Waals surface area contributed by atoms with Crippen LogP contribution in [0.1, 0.15) is 31.8 Å². The van der Waals surface area contributed by atoms with Crippen LogP contribution in [0.2, 0.25) is 0 Å². The average molecular weight is 436 g/mol. The fraction of sp³-hybridized carbons (Fsp3) is 0.300. The number of nitrogens with zero attached hydrogens (tertiary/aromatic N) is 1. The first kappa shape index (κ1) is 22.9. The van der Waals surface area contributed by atoms with Crippen LogP contribution in [0.25, 0.3) is 0 Å². The number of anilines is 1. The predicted molar refractivity (Wildman–Crippen MR) is 107 cm³/mol. The van der Waals surface area contributed by atoms with Gasteiger partial charge in [0.15, 0.2) is 0 Å². The SMILES string of the molecule is O=Cc1cc(C(=O)Nc2ccc(CN3CCOCC3)c(C(F)(F)F)c2)ccc1B(O)O. The van der Waals surface area contributed by atoms with Gasteiger partial charge in [0.25, 0.3) is 5.91 Å². The van der Waals surface area contributed by atoms with Crippen molar-refractivity contribution in [3.63, 3.8) is 0 Å².